The van der Waals surface area contributed by atoms with Gasteiger partial charge in [-0.05, 0) is 12.1 Å². The third kappa shape index (κ3) is 1.90. The van der Waals surface area contributed by atoms with Gasteiger partial charge in [0.25, 0.3) is 0 Å². The van der Waals surface area contributed by atoms with Gasteiger partial charge in [-0.15, -0.1) is 11.3 Å². The fourth-order valence-electron chi connectivity index (χ4n) is 1.91. The number of benzene rings is 1. The minimum absolute atomic E-state index is 0.594. The average Bonchev–Trinajstić information content (AvgIpc) is 2.97. The van der Waals surface area contributed by atoms with E-state index in [0.717, 1.165) is 27.3 Å². The van der Waals surface area contributed by atoms with Crippen LogP contribution in [0.4, 0.5) is 0 Å². The first-order chi connectivity index (χ1) is 8.78. The smallest absolute Gasteiger partial charge is 0.108 e. The van der Waals surface area contributed by atoms with Crippen LogP contribution >= 0.6 is 11.3 Å². The van der Waals surface area contributed by atoms with Crippen molar-refractivity contribution >= 4 is 22.4 Å². The van der Waals surface area contributed by atoms with Gasteiger partial charge in [-0.2, -0.15) is 0 Å². The van der Waals surface area contributed by atoms with Crippen LogP contribution in [0.3, 0.4) is 0 Å². The van der Waals surface area contributed by atoms with Gasteiger partial charge in [0.1, 0.15) is 5.01 Å². The second-order valence-corrected chi connectivity index (χ2v) is 5.01. The molecule has 2 aromatic heterocycles. The molecule has 0 bridgehead atoms. The number of hydrogen-bond donors (Lipinski definition) is 2. The molecule has 0 unspecified atom stereocenters. The van der Waals surface area contributed by atoms with Crippen molar-refractivity contribution in [3.63, 3.8) is 0 Å². The van der Waals surface area contributed by atoms with E-state index < -0.39 is 0 Å². The number of nitrogens with zero attached hydrogens (tertiary/aromatic N) is 3. The molecule has 0 radical (unpaired) electrons. The van der Waals surface area contributed by atoms with Crippen LogP contribution in [0, 0.1) is 0 Å². The van der Waals surface area contributed by atoms with Crippen LogP contribution in [-0.2, 0) is 13.6 Å². The molecule has 0 aliphatic rings. The zero-order valence-corrected chi connectivity index (χ0v) is 10.7. The Balaban J connectivity index is 2.02. The summed E-state index contributed by atoms with van der Waals surface area (Å²) in [7, 11) is 1.99. The SMILES string of the molecule is Cn1cnc2cc(-c3csc(CNN)n3)ccc21. The summed E-state index contributed by atoms with van der Waals surface area (Å²) in [4.78, 5) is 8.88. The summed E-state index contributed by atoms with van der Waals surface area (Å²) in [6.45, 7) is 0.594. The Bertz CT molecular complexity index is 685. The van der Waals surface area contributed by atoms with Crippen molar-refractivity contribution in [2.24, 2.45) is 12.9 Å². The van der Waals surface area contributed by atoms with Gasteiger partial charge in [0.15, 0.2) is 0 Å². The lowest BCUT2D eigenvalue weighted by molar-refractivity contribution is 0.737. The zero-order chi connectivity index (χ0) is 12.5. The first kappa shape index (κ1) is 11.3. The van der Waals surface area contributed by atoms with Gasteiger partial charge in [-0.25, -0.2) is 9.97 Å². The Morgan fingerprint density at radius 1 is 1.44 bits per heavy atom. The molecule has 3 rings (SSSR count). The van der Waals surface area contributed by atoms with E-state index >= 15 is 0 Å². The summed E-state index contributed by atoms with van der Waals surface area (Å²) >= 11 is 1.60. The van der Waals surface area contributed by atoms with E-state index in [1.54, 1.807) is 11.3 Å². The number of hydrazine groups is 1. The number of imidazole rings is 1. The van der Waals surface area contributed by atoms with E-state index in [2.05, 4.69) is 33.6 Å². The number of rotatable bonds is 3. The Kier molecular flexibility index (Phi) is 2.83. The number of hydrogen-bond acceptors (Lipinski definition) is 5. The fraction of sp³-hybridized carbons (Fsp3) is 0.167. The minimum atomic E-state index is 0.594. The summed E-state index contributed by atoms with van der Waals surface area (Å²) in [6.07, 6.45) is 1.82. The predicted molar refractivity (Wildman–Crippen MR) is 72.8 cm³/mol. The molecule has 0 fully saturated rings. The van der Waals surface area contributed by atoms with Crippen LogP contribution in [-0.4, -0.2) is 14.5 Å². The molecule has 3 N–H and O–H groups in total. The Morgan fingerprint density at radius 3 is 3.17 bits per heavy atom. The van der Waals surface area contributed by atoms with E-state index in [-0.39, 0.29) is 0 Å². The Labute approximate surface area is 108 Å². The fourth-order valence-corrected chi connectivity index (χ4v) is 2.66. The van der Waals surface area contributed by atoms with Crippen molar-refractivity contribution in [2.45, 2.75) is 6.54 Å². The molecule has 18 heavy (non-hydrogen) atoms. The molecule has 92 valence electrons. The van der Waals surface area contributed by atoms with Gasteiger partial charge in [0.05, 0.1) is 29.6 Å². The quantitative estimate of drug-likeness (QED) is 0.554. The first-order valence-electron chi connectivity index (χ1n) is 5.57. The maximum Gasteiger partial charge on any atom is 0.108 e. The molecule has 2 heterocycles. The van der Waals surface area contributed by atoms with Crippen LogP contribution in [0.1, 0.15) is 5.01 Å². The molecule has 3 aromatic rings. The highest BCUT2D eigenvalue weighted by atomic mass is 32.1. The lowest BCUT2D eigenvalue weighted by Gasteiger charge is -1.98. The molecular weight excluding hydrogens is 246 g/mol. The molecule has 0 saturated carbocycles. The van der Waals surface area contributed by atoms with E-state index in [4.69, 9.17) is 5.84 Å². The maximum atomic E-state index is 5.29. The minimum Gasteiger partial charge on any atom is -0.334 e. The van der Waals surface area contributed by atoms with Crippen molar-refractivity contribution in [2.75, 3.05) is 0 Å². The largest absolute Gasteiger partial charge is 0.334 e. The van der Waals surface area contributed by atoms with E-state index in [0.29, 0.717) is 6.54 Å². The summed E-state index contributed by atoms with van der Waals surface area (Å²) in [6, 6.07) is 6.20. The number of aryl methyl sites for hydroxylation is 1. The molecular formula is C12H13N5S. The van der Waals surface area contributed by atoms with Crippen LogP contribution in [0.2, 0.25) is 0 Å². The molecule has 0 atom stereocenters. The van der Waals surface area contributed by atoms with Gasteiger partial charge in [0, 0.05) is 18.0 Å². The van der Waals surface area contributed by atoms with Gasteiger partial charge in [0.2, 0.25) is 0 Å². The molecule has 6 heteroatoms. The van der Waals surface area contributed by atoms with E-state index in [9.17, 15) is 0 Å². The van der Waals surface area contributed by atoms with E-state index in [1.807, 2.05) is 23.3 Å². The molecule has 1 aromatic carbocycles. The van der Waals surface area contributed by atoms with Gasteiger partial charge in [-0.1, -0.05) is 6.07 Å². The number of aromatic nitrogens is 3. The van der Waals surface area contributed by atoms with Crippen LogP contribution in [0.5, 0.6) is 0 Å². The van der Waals surface area contributed by atoms with E-state index in [1.165, 1.54) is 0 Å². The third-order valence-electron chi connectivity index (χ3n) is 2.83. The van der Waals surface area contributed by atoms with Gasteiger partial charge >= 0.3 is 0 Å². The highest BCUT2D eigenvalue weighted by Crippen LogP contribution is 2.25. The number of nitrogens with one attached hydrogen (secondary N) is 1. The van der Waals surface area contributed by atoms with Crippen molar-refractivity contribution < 1.29 is 0 Å². The molecule has 5 nitrogen and oxygen atoms in total. The molecule has 0 spiro atoms. The summed E-state index contributed by atoms with van der Waals surface area (Å²) in [5.41, 5.74) is 6.78. The molecule has 0 saturated heterocycles. The van der Waals surface area contributed by atoms with Crippen molar-refractivity contribution in [3.8, 4) is 11.3 Å². The van der Waals surface area contributed by atoms with Crippen LogP contribution < -0.4 is 11.3 Å². The summed E-state index contributed by atoms with van der Waals surface area (Å²) in [5.74, 6) is 5.29. The highest BCUT2D eigenvalue weighted by Gasteiger charge is 2.06. The standard InChI is InChI=1S/C12H13N5S/c1-17-7-14-9-4-8(2-3-11(9)17)10-6-18-12(16-10)5-15-13/h2-4,6-7,15H,5,13H2,1H3. The predicted octanol–water partition coefficient (Wildman–Crippen LogP) is 1.66. The molecule has 0 aliphatic heterocycles. The second-order valence-electron chi connectivity index (χ2n) is 4.07. The van der Waals surface area contributed by atoms with Gasteiger partial charge < -0.3 is 4.57 Å². The number of fused-ring (bicyclic) bond motifs is 1. The first-order valence-corrected chi connectivity index (χ1v) is 6.45. The molecule has 0 aliphatic carbocycles. The number of thiazole rings is 1. The Morgan fingerprint density at radius 2 is 2.33 bits per heavy atom. The topological polar surface area (TPSA) is 68.8 Å². The number of nitrogens with two attached hydrogens (primary N) is 1. The third-order valence-corrected chi connectivity index (χ3v) is 3.68. The summed E-state index contributed by atoms with van der Waals surface area (Å²) in [5, 5.41) is 3.02. The monoisotopic (exact) mass is 259 g/mol. The maximum absolute atomic E-state index is 5.29. The van der Waals surface area contributed by atoms with Gasteiger partial charge in [-0.3, -0.25) is 11.3 Å². The van der Waals surface area contributed by atoms with Crippen molar-refractivity contribution in [1.82, 2.24) is 20.0 Å². The Hall–Kier alpha value is -1.76. The molecule has 0 amide bonds. The lowest BCUT2D eigenvalue weighted by Crippen LogP contribution is -2.20. The second kappa shape index (κ2) is 4.49. The van der Waals surface area contributed by atoms with Crippen molar-refractivity contribution in [3.05, 3.63) is 34.9 Å². The van der Waals surface area contributed by atoms with Crippen LogP contribution in [0.25, 0.3) is 22.3 Å². The zero-order valence-electron chi connectivity index (χ0n) is 9.92. The van der Waals surface area contributed by atoms with Crippen molar-refractivity contribution in [1.29, 1.82) is 0 Å². The normalized spacial score (nSPS) is 11.2. The average molecular weight is 259 g/mol. The van der Waals surface area contributed by atoms with Crippen LogP contribution in [0.15, 0.2) is 29.9 Å². The lowest BCUT2D eigenvalue weighted by atomic mass is 10.1. The summed E-state index contributed by atoms with van der Waals surface area (Å²) < 4.78 is 2.00. The highest BCUT2D eigenvalue weighted by molar-refractivity contribution is 7.09.